The molecule has 5 nitrogen and oxygen atoms in total. The van der Waals surface area contributed by atoms with Gasteiger partial charge < -0.3 is 15.4 Å². The van der Waals surface area contributed by atoms with Gasteiger partial charge in [0, 0.05) is 18.7 Å². The molecular weight excluding hydrogens is 304 g/mol. The molecule has 2 aromatic rings. The number of ether oxygens (including phenoxy) is 1. The molecule has 3 rings (SSSR count). The summed E-state index contributed by atoms with van der Waals surface area (Å²) in [7, 11) is 1.63. The van der Waals surface area contributed by atoms with Gasteiger partial charge in [0.05, 0.1) is 13.0 Å². The molecule has 0 fully saturated rings. The van der Waals surface area contributed by atoms with Crippen molar-refractivity contribution in [1.29, 1.82) is 0 Å². The summed E-state index contributed by atoms with van der Waals surface area (Å²) in [6.07, 6.45) is 0.845. The summed E-state index contributed by atoms with van der Waals surface area (Å²) in [5.41, 5.74) is 2.74. The van der Waals surface area contributed by atoms with E-state index in [0.29, 0.717) is 13.0 Å². The molecule has 0 saturated heterocycles. The third-order valence-corrected chi connectivity index (χ3v) is 4.21. The van der Waals surface area contributed by atoms with Crippen LogP contribution in [0.15, 0.2) is 48.5 Å². The Morgan fingerprint density at radius 3 is 2.75 bits per heavy atom. The highest BCUT2D eigenvalue weighted by atomic mass is 16.5. The Morgan fingerprint density at radius 1 is 1.17 bits per heavy atom. The first-order valence-electron chi connectivity index (χ1n) is 7.97. The maximum Gasteiger partial charge on any atom is 0.232 e. The van der Waals surface area contributed by atoms with Gasteiger partial charge in [-0.3, -0.25) is 9.59 Å². The van der Waals surface area contributed by atoms with E-state index in [4.69, 9.17) is 4.74 Å². The van der Waals surface area contributed by atoms with Gasteiger partial charge in [-0.2, -0.15) is 0 Å². The Kier molecular flexibility index (Phi) is 4.79. The van der Waals surface area contributed by atoms with Crippen LogP contribution in [-0.4, -0.2) is 25.5 Å². The van der Waals surface area contributed by atoms with E-state index in [1.165, 1.54) is 0 Å². The van der Waals surface area contributed by atoms with Crippen LogP contribution in [0.25, 0.3) is 0 Å². The summed E-state index contributed by atoms with van der Waals surface area (Å²) in [6.45, 7) is 0.509. The zero-order valence-corrected chi connectivity index (χ0v) is 13.5. The second-order valence-electron chi connectivity index (χ2n) is 5.75. The first-order chi connectivity index (χ1) is 11.7. The molecule has 0 aliphatic carbocycles. The summed E-state index contributed by atoms with van der Waals surface area (Å²) in [5.74, 6) is 0.168. The lowest BCUT2D eigenvalue weighted by atomic mass is 9.97. The highest BCUT2D eigenvalue weighted by Crippen LogP contribution is 2.34. The van der Waals surface area contributed by atoms with Gasteiger partial charge in [-0.1, -0.05) is 36.4 Å². The van der Waals surface area contributed by atoms with Gasteiger partial charge in [-0.25, -0.2) is 0 Å². The molecule has 2 N–H and O–H groups in total. The van der Waals surface area contributed by atoms with E-state index < -0.39 is 5.92 Å². The van der Waals surface area contributed by atoms with Gasteiger partial charge in [0.25, 0.3) is 0 Å². The largest absolute Gasteiger partial charge is 0.496 e. The Balaban J connectivity index is 1.54. The summed E-state index contributed by atoms with van der Waals surface area (Å²) in [5, 5.41) is 5.70. The maximum atomic E-state index is 12.2. The van der Waals surface area contributed by atoms with E-state index in [1.54, 1.807) is 7.11 Å². The number of anilines is 1. The zero-order valence-electron chi connectivity index (χ0n) is 13.5. The maximum absolute atomic E-state index is 12.2. The Bertz CT molecular complexity index is 758. The van der Waals surface area contributed by atoms with Crippen molar-refractivity contribution in [3.8, 4) is 5.75 Å². The van der Waals surface area contributed by atoms with Crippen molar-refractivity contribution < 1.29 is 14.3 Å². The Morgan fingerprint density at radius 2 is 1.92 bits per heavy atom. The number of hydrogen-bond acceptors (Lipinski definition) is 3. The lowest BCUT2D eigenvalue weighted by molar-refractivity contribution is -0.125. The number of para-hydroxylation sites is 2. The molecule has 0 aromatic heterocycles. The van der Waals surface area contributed by atoms with E-state index >= 15 is 0 Å². The summed E-state index contributed by atoms with van der Waals surface area (Å²) in [4.78, 5) is 24.2. The van der Waals surface area contributed by atoms with Crippen molar-refractivity contribution in [3.05, 3.63) is 59.7 Å². The smallest absolute Gasteiger partial charge is 0.232 e. The van der Waals surface area contributed by atoms with Crippen LogP contribution in [0.4, 0.5) is 5.69 Å². The molecule has 0 saturated carbocycles. The predicted octanol–water partition coefficient (Wildman–Crippen LogP) is 2.48. The average molecular weight is 324 g/mol. The van der Waals surface area contributed by atoms with Crippen LogP contribution in [-0.2, 0) is 16.0 Å². The molecule has 0 bridgehead atoms. The molecule has 1 atom stereocenters. The average Bonchev–Trinajstić information content (AvgIpc) is 2.91. The Hall–Kier alpha value is -2.82. The molecule has 2 aromatic carbocycles. The van der Waals surface area contributed by atoms with Gasteiger partial charge >= 0.3 is 0 Å². The number of carbonyl (C=O) groups is 2. The monoisotopic (exact) mass is 324 g/mol. The molecule has 5 heteroatoms. The van der Waals surface area contributed by atoms with Gasteiger partial charge in [-0.05, 0) is 29.7 Å². The fourth-order valence-electron chi connectivity index (χ4n) is 2.98. The lowest BCUT2D eigenvalue weighted by Crippen LogP contribution is -2.28. The third-order valence-electron chi connectivity index (χ3n) is 4.21. The predicted molar refractivity (Wildman–Crippen MR) is 92.1 cm³/mol. The van der Waals surface area contributed by atoms with Gasteiger partial charge in [0.1, 0.15) is 5.75 Å². The van der Waals surface area contributed by atoms with Crippen molar-refractivity contribution in [3.63, 3.8) is 0 Å². The standard InChI is InChI=1S/C19H20N2O3/c1-24-17-9-5-2-6-13(17)10-11-20-18(22)12-15-14-7-3-4-8-16(14)21-19(15)23/h2-9,15H,10-12H2,1H3,(H,20,22)(H,21,23). The summed E-state index contributed by atoms with van der Waals surface area (Å²) in [6, 6.07) is 15.2. The minimum atomic E-state index is -0.410. The van der Waals surface area contributed by atoms with Crippen LogP contribution in [0.5, 0.6) is 5.75 Å². The molecule has 24 heavy (non-hydrogen) atoms. The quantitative estimate of drug-likeness (QED) is 0.858. The van der Waals surface area contributed by atoms with Crippen LogP contribution in [0.1, 0.15) is 23.5 Å². The number of nitrogens with one attached hydrogen (secondary N) is 2. The van der Waals surface area contributed by atoms with Crippen LogP contribution in [0.3, 0.4) is 0 Å². The van der Waals surface area contributed by atoms with E-state index in [-0.39, 0.29) is 18.2 Å². The highest BCUT2D eigenvalue weighted by Gasteiger charge is 2.31. The summed E-state index contributed by atoms with van der Waals surface area (Å²) < 4.78 is 5.30. The van der Waals surface area contributed by atoms with E-state index in [0.717, 1.165) is 22.6 Å². The molecule has 1 unspecified atom stereocenters. The highest BCUT2D eigenvalue weighted by molar-refractivity contribution is 6.04. The number of fused-ring (bicyclic) bond motifs is 1. The molecule has 0 radical (unpaired) electrons. The molecule has 0 spiro atoms. The number of carbonyl (C=O) groups excluding carboxylic acids is 2. The number of amides is 2. The summed E-state index contributed by atoms with van der Waals surface area (Å²) >= 11 is 0. The molecule has 1 aliphatic rings. The zero-order chi connectivity index (χ0) is 16.9. The van der Waals surface area contributed by atoms with Gasteiger partial charge in [-0.15, -0.1) is 0 Å². The van der Waals surface area contributed by atoms with Crippen LogP contribution in [0.2, 0.25) is 0 Å². The number of methoxy groups -OCH3 is 1. The molecule has 1 aliphatic heterocycles. The van der Waals surface area contributed by atoms with Crippen LogP contribution >= 0.6 is 0 Å². The molecule has 2 amide bonds. The Labute approximate surface area is 141 Å². The lowest BCUT2D eigenvalue weighted by Gasteiger charge is -2.11. The van der Waals surface area contributed by atoms with Crippen molar-refractivity contribution in [1.82, 2.24) is 5.32 Å². The van der Waals surface area contributed by atoms with Crippen molar-refractivity contribution in [2.24, 2.45) is 0 Å². The second-order valence-corrected chi connectivity index (χ2v) is 5.75. The fourth-order valence-corrected chi connectivity index (χ4v) is 2.98. The van der Waals surface area contributed by atoms with E-state index in [2.05, 4.69) is 10.6 Å². The topological polar surface area (TPSA) is 67.4 Å². The van der Waals surface area contributed by atoms with E-state index in [1.807, 2.05) is 48.5 Å². The fraction of sp³-hybridized carbons (Fsp3) is 0.263. The number of benzene rings is 2. The van der Waals surface area contributed by atoms with Crippen LogP contribution in [0, 0.1) is 0 Å². The normalized spacial score (nSPS) is 15.5. The minimum absolute atomic E-state index is 0.115. The first-order valence-corrected chi connectivity index (χ1v) is 7.97. The van der Waals surface area contributed by atoms with Crippen molar-refractivity contribution >= 4 is 17.5 Å². The number of hydrogen-bond donors (Lipinski definition) is 2. The minimum Gasteiger partial charge on any atom is -0.496 e. The molecule has 124 valence electrons. The molecule has 1 heterocycles. The van der Waals surface area contributed by atoms with Crippen molar-refractivity contribution in [2.45, 2.75) is 18.8 Å². The van der Waals surface area contributed by atoms with Crippen LogP contribution < -0.4 is 15.4 Å². The SMILES string of the molecule is COc1ccccc1CCNC(=O)CC1C(=O)Nc2ccccc21. The van der Waals surface area contributed by atoms with Gasteiger partial charge in [0.2, 0.25) is 11.8 Å². The van der Waals surface area contributed by atoms with Gasteiger partial charge in [0.15, 0.2) is 0 Å². The first kappa shape index (κ1) is 16.1. The third kappa shape index (κ3) is 3.40. The van der Waals surface area contributed by atoms with Crippen molar-refractivity contribution in [2.75, 3.05) is 19.0 Å². The van der Waals surface area contributed by atoms with E-state index in [9.17, 15) is 9.59 Å². The molecular formula is C19H20N2O3. The number of rotatable bonds is 6. The second kappa shape index (κ2) is 7.17.